The van der Waals surface area contributed by atoms with Gasteiger partial charge < -0.3 is 11.1 Å². The summed E-state index contributed by atoms with van der Waals surface area (Å²) >= 11 is 0. The van der Waals surface area contributed by atoms with Gasteiger partial charge >= 0.3 is 0 Å². The Morgan fingerprint density at radius 3 is 2.39 bits per heavy atom. The Kier molecular flexibility index (Phi) is 4.07. The van der Waals surface area contributed by atoms with Gasteiger partial charge in [-0.1, -0.05) is 0 Å². The van der Waals surface area contributed by atoms with Crippen LogP contribution in [0, 0.1) is 13.8 Å². The molecule has 1 saturated carbocycles. The minimum atomic E-state index is 0.373. The summed E-state index contributed by atoms with van der Waals surface area (Å²) < 4.78 is 1.97. The van der Waals surface area contributed by atoms with Crippen LogP contribution in [0.25, 0.3) is 0 Å². The summed E-state index contributed by atoms with van der Waals surface area (Å²) in [5, 5.41) is 8.24. The largest absolute Gasteiger partial charge is 0.328 e. The number of nitrogens with two attached hydrogens (primary N) is 1. The number of rotatable bonds is 3. The fourth-order valence-electron chi connectivity index (χ4n) is 3.14. The van der Waals surface area contributed by atoms with Crippen molar-refractivity contribution >= 4 is 0 Å². The smallest absolute Gasteiger partial charge is 0.0644 e. The molecular formula is C14H26N4. The number of aromatic nitrogens is 2. The zero-order chi connectivity index (χ0) is 13.3. The van der Waals surface area contributed by atoms with Crippen molar-refractivity contribution in [1.82, 2.24) is 15.1 Å². The van der Waals surface area contributed by atoms with E-state index in [1.807, 2.05) is 11.7 Å². The van der Waals surface area contributed by atoms with E-state index in [0.29, 0.717) is 18.1 Å². The van der Waals surface area contributed by atoms with Crippen molar-refractivity contribution in [2.24, 2.45) is 12.8 Å². The second-order valence-corrected chi connectivity index (χ2v) is 5.71. The van der Waals surface area contributed by atoms with Crippen molar-refractivity contribution in [2.75, 3.05) is 0 Å². The van der Waals surface area contributed by atoms with Gasteiger partial charge in [0, 0.05) is 36.4 Å². The summed E-state index contributed by atoms with van der Waals surface area (Å²) in [7, 11) is 2.01. The van der Waals surface area contributed by atoms with Gasteiger partial charge in [0.15, 0.2) is 0 Å². The molecule has 1 aromatic heterocycles. The predicted molar refractivity (Wildman–Crippen MR) is 74.5 cm³/mol. The van der Waals surface area contributed by atoms with Crippen LogP contribution < -0.4 is 11.1 Å². The summed E-state index contributed by atoms with van der Waals surface area (Å²) in [6.07, 6.45) is 4.69. The molecule has 1 aliphatic rings. The third-order valence-electron chi connectivity index (χ3n) is 4.26. The van der Waals surface area contributed by atoms with Gasteiger partial charge in [-0.15, -0.1) is 0 Å². The van der Waals surface area contributed by atoms with Crippen molar-refractivity contribution in [1.29, 1.82) is 0 Å². The van der Waals surface area contributed by atoms with E-state index in [1.54, 1.807) is 0 Å². The van der Waals surface area contributed by atoms with E-state index in [9.17, 15) is 0 Å². The maximum absolute atomic E-state index is 5.95. The fourth-order valence-corrected chi connectivity index (χ4v) is 3.14. The van der Waals surface area contributed by atoms with Gasteiger partial charge in [-0.2, -0.15) is 5.10 Å². The third kappa shape index (κ3) is 2.75. The van der Waals surface area contributed by atoms with Gasteiger partial charge in [-0.3, -0.25) is 4.68 Å². The summed E-state index contributed by atoms with van der Waals surface area (Å²) in [5.41, 5.74) is 9.71. The molecule has 102 valence electrons. The summed E-state index contributed by atoms with van der Waals surface area (Å²) in [5.74, 6) is 0. The highest BCUT2D eigenvalue weighted by atomic mass is 15.3. The molecule has 4 heteroatoms. The Morgan fingerprint density at radius 2 is 1.89 bits per heavy atom. The zero-order valence-electron chi connectivity index (χ0n) is 12.0. The van der Waals surface area contributed by atoms with Crippen molar-refractivity contribution < 1.29 is 0 Å². The maximum atomic E-state index is 5.95. The molecule has 2 rings (SSSR count). The molecule has 1 unspecified atom stereocenters. The maximum Gasteiger partial charge on any atom is 0.0644 e. The Balaban J connectivity index is 2.01. The lowest BCUT2D eigenvalue weighted by Crippen LogP contribution is -2.38. The third-order valence-corrected chi connectivity index (χ3v) is 4.26. The molecule has 18 heavy (non-hydrogen) atoms. The number of hydrogen-bond acceptors (Lipinski definition) is 3. The van der Waals surface area contributed by atoms with Crippen LogP contribution in [0.4, 0.5) is 0 Å². The van der Waals surface area contributed by atoms with Crippen LogP contribution in [0.1, 0.15) is 55.6 Å². The Hall–Kier alpha value is -0.870. The first-order chi connectivity index (χ1) is 8.49. The monoisotopic (exact) mass is 250 g/mol. The van der Waals surface area contributed by atoms with E-state index >= 15 is 0 Å². The molecule has 0 spiro atoms. The van der Waals surface area contributed by atoms with Crippen LogP contribution >= 0.6 is 0 Å². The molecule has 0 bridgehead atoms. The number of nitrogens with zero attached hydrogens (tertiary/aromatic N) is 2. The van der Waals surface area contributed by atoms with Crippen LogP contribution in [0.3, 0.4) is 0 Å². The van der Waals surface area contributed by atoms with E-state index in [1.165, 1.54) is 24.1 Å². The van der Waals surface area contributed by atoms with Crippen LogP contribution in [0.2, 0.25) is 0 Å². The van der Waals surface area contributed by atoms with Crippen molar-refractivity contribution in [2.45, 2.75) is 64.6 Å². The number of nitrogens with one attached hydrogen (secondary N) is 1. The van der Waals surface area contributed by atoms with E-state index in [4.69, 9.17) is 5.73 Å². The highest BCUT2D eigenvalue weighted by Gasteiger charge is 2.22. The van der Waals surface area contributed by atoms with Crippen molar-refractivity contribution in [3.8, 4) is 0 Å². The fraction of sp³-hybridized carbons (Fsp3) is 0.786. The minimum Gasteiger partial charge on any atom is -0.328 e. The van der Waals surface area contributed by atoms with Crippen LogP contribution in [0.5, 0.6) is 0 Å². The Labute approximate surface area is 110 Å². The quantitative estimate of drug-likeness (QED) is 0.862. The molecule has 4 nitrogen and oxygen atoms in total. The number of hydrogen-bond donors (Lipinski definition) is 2. The topological polar surface area (TPSA) is 55.9 Å². The van der Waals surface area contributed by atoms with Gasteiger partial charge in [0.25, 0.3) is 0 Å². The first-order valence-corrected chi connectivity index (χ1v) is 7.00. The molecule has 0 saturated heterocycles. The highest BCUT2D eigenvalue weighted by molar-refractivity contribution is 5.27. The molecule has 1 atom stereocenters. The first kappa shape index (κ1) is 13.6. The molecule has 1 aromatic rings. The average molecular weight is 250 g/mol. The number of aryl methyl sites for hydroxylation is 2. The molecular weight excluding hydrogens is 224 g/mol. The lowest BCUT2D eigenvalue weighted by molar-refractivity contribution is 0.321. The average Bonchev–Trinajstić information content (AvgIpc) is 2.56. The summed E-state index contributed by atoms with van der Waals surface area (Å²) in [6.45, 7) is 6.48. The molecule has 0 amide bonds. The molecule has 1 fully saturated rings. The molecule has 1 aliphatic carbocycles. The van der Waals surface area contributed by atoms with Crippen LogP contribution in [-0.2, 0) is 7.05 Å². The lowest BCUT2D eigenvalue weighted by atomic mass is 9.91. The van der Waals surface area contributed by atoms with Gasteiger partial charge in [-0.05, 0) is 46.5 Å². The van der Waals surface area contributed by atoms with E-state index in [2.05, 4.69) is 31.2 Å². The first-order valence-electron chi connectivity index (χ1n) is 7.00. The van der Waals surface area contributed by atoms with Gasteiger partial charge in [0.2, 0.25) is 0 Å². The second-order valence-electron chi connectivity index (χ2n) is 5.71. The standard InChI is InChI=1S/C14H26N4/c1-9(14-10(2)17-18(4)11(14)3)16-13-7-5-12(15)6-8-13/h9,12-13,16H,5-8,15H2,1-4H3. The van der Waals surface area contributed by atoms with E-state index in [0.717, 1.165) is 18.5 Å². The van der Waals surface area contributed by atoms with Gasteiger partial charge in [0.1, 0.15) is 0 Å². The normalized spacial score (nSPS) is 26.3. The van der Waals surface area contributed by atoms with Crippen molar-refractivity contribution in [3.05, 3.63) is 17.0 Å². The van der Waals surface area contributed by atoms with Gasteiger partial charge in [0.05, 0.1) is 5.69 Å². The molecule has 0 aliphatic heterocycles. The molecule has 0 aromatic carbocycles. The second kappa shape index (κ2) is 5.41. The molecule has 3 N–H and O–H groups in total. The highest BCUT2D eigenvalue weighted by Crippen LogP contribution is 2.24. The Morgan fingerprint density at radius 1 is 1.28 bits per heavy atom. The van der Waals surface area contributed by atoms with E-state index in [-0.39, 0.29) is 0 Å². The van der Waals surface area contributed by atoms with E-state index < -0.39 is 0 Å². The van der Waals surface area contributed by atoms with Crippen molar-refractivity contribution in [3.63, 3.8) is 0 Å². The van der Waals surface area contributed by atoms with Crippen LogP contribution in [0.15, 0.2) is 0 Å². The minimum absolute atomic E-state index is 0.373. The molecule has 1 heterocycles. The predicted octanol–water partition coefficient (Wildman–Crippen LogP) is 1.96. The zero-order valence-corrected chi connectivity index (χ0v) is 12.0. The van der Waals surface area contributed by atoms with Gasteiger partial charge in [-0.25, -0.2) is 0 Å². The van der Waals surface area contributed by atoms with Crippen LogP contribution in [-0.4, -0.2) is 21.9 Å². The SMILES string of the molecule is Cc1nn(C)c(C)c1C(C)NC1CCC(N)CC1. The summed E-state index contributed by atoms with van der Waals surface area (Å²) in [4.78, 5) is 0. The Bertz CT molecular complexity index is 402. The lowest BCUT2D eigenvalue weighted by Gasteiger charge is -2.29. The summed E-state index contributed by atoms with van der Waals surface area (Å²) in [6, 6.07) is 1.40. The molecule has 0 radical (unpaired) electrons.